The van der Waals surface area contributed by atoms with Crippen molar-refractivity contribution in [2.24, 2.45) is 0 Å². The van der Waals surface area contributed by atoms with Crippen molar-refractivity contribution in [3.05, 3.63) is 64.2 Å². The van der Waals surface area contributed by atoms with Crippen molar-refractivity contribution in [1.82, 2.24) is 0 Å². The molecule has 1 nitrogen and oxygen atoms in total. The van der Waals surface area contributed by atoms with Gasteiger partial charge in [-0.15, -0.1) is 0 Å². The third-order valence-corrected chi connectivity index (χ3v) is 3.64. The monoisotopic (exact) mass is 324 g/mol. The van der Waals surface area contributed by atoms with Gasteiger partial charge in [0.15, 0.2) is 0 Å². The lowest BCUT2D eigenvalue weighted by atomic mass is 10.1. The van der Waals surface area contributed by atoms with Crippen LogP contribution in [-0.2, 0) is 11.9 Å². The van der Waals surface area contributed by atoms with Gasteiger partial charge in [-0.3, -0.25) is 0 Å². The van der Waals surface area contributed by atoms with E-state index in [-0.39, 0.29) is 0 Å². The highest BCUT2D eigenvalue weighted by atomic mass is 79.9. The number of rotatable bonds is 4. The molecule has 0 fully saturated rings. The Morgan fingerprint density at radius 3 is 2.50 bits per heavy atom. The molecule has 2 aromatic carbocycles. The first-order valence-electron chi connectivity index (χ1n) is 5.72. The van der Waals surface area contributed by atoms with Crippen LogP contribution >= 0.6 is 27.5 Å². The summed E-state index contributed by atoms with van der Waals surface area (Å²) in [5.41, 5.74) is 3.40. The molecule has 18 heavy (non-hydrogen) atoms. The molecule has 2 aromatic rings. The van der Waals surface area contributed by atoms with E-state index in [1.165, 1.54) is 5.56 Å². The summed E-state index contributed by atoms with van der Waals surface area (Å²) in [5, 5.41) is 1.42. The average Bonchev–Trinajstić information content (AvgIpc) is 2.38. The molecule has 0 aliphatic rings. The molecule has 0 N–H and O–H groups in total. The van der Waals surface area contributed by atoms with Crippen LogP contribution in [0.1, 0.15) is 16.7 Å². The molecular formula is C15H14BrClO. The molecule has 2 rings (SSSR count). The Balaban J connectivity index is 2.10. The van der Waals surface area contributed by atoms with Crippen molar-refractivity contribution in [1.29, 1.82) is 0 Å². The van der Waals surface area contributed by atoms with Gasteiger partial charge in [0.25, 0.3) is 0 Å². The predicted molar refractivity (Wildman–Crippen MR) is 79.6 cm³/mol. The molecule has 0 bridgehead atoms. The predicted octanol–water partition coefficient (Wildman–Crippen LogP) is 5.12. The van der Waals surface area contributed by atoms with E-state index in [2.05, 4.69) is 47.1 Å². The summed E-state index contributed by atoms with van der Waals surface area (Å²) in [7, 11) is 0. The smallest absolute Gasteiger partial charge is 0.125 e. The maximum absolute atomic E-state index is 6.12. The Morgan fingerprint density at radius 2 is 1.83 bits per heavy atom. The summed E-state index contributed by atoms with van der Waals surface area (Å²) in [6, 6.07) is 14.0. The van der Waals surface area contributed by atoms with Gasteiger partial charge in [-0.05, 0) is 24.6 Å². The molecule has 0 aliphatic heterocycles. The van der Waals surface area contributed by atoms with Crippen LogP contribution in [0.3, 0.4) is 0 Å². The zero-order valence-electron chi connectivity index (χ0n) is 10.1. The van der Waals surface area contributed by atoms with Crippen LogP contribution in [0.2, 0.25) is 5.02 Å². The van der Waals surface area contributed by atoms with Crippen LogP contribution in [0.25, 0.3) is 0 Å². The quantitative estimate of drug-likeness (QED) is 0.709. The van der Waals surface area contributed by atoms with Gasteiger partial charge in [0.05, 0.1) is 0 Å². The molecular weight excluding hydrogens is 312 g/mol. The minimum Gasteiger partial charge on any atom is -0.489 e. The fraction of sp³-hybridized carbons (Fsp3) is 0.200. The van der Waals surface area contributed by atoms with Gasteiger partial charge in [0, 0.05) is 15.9 Å². The van der Waals surface area contributed by atoms with Gasteiger partial charge in [0.2, 0.25) is 0 Å². The van der Waals surface area contributed by atoms with Crippen LogP contribution < -0.4 is 4.74 Å². The van der Waals surface area contributed by atoms with E-state index in [1.807, 2.05) is 18.2 Å². The first-order chi connectivity index (χ1) is 8.70. The summed E-state index contributed by atoms with van der Waals surface area (Å²) in [6.07, 6.45) is 0. The standard InChI is InChI=1S/C15H14BrClO/c1-11-5-7-12(8-6-11)10-18-15-4-2-3-14(17)13(15)9-16/h2-8H,9-10H2,1H3. The molecule has 0 unspecified atom stereocenters. The number of alkyl halides is 1. The van der Waals surface area contributed by atoms with E-state index in [0.29, 0.717) is 11.9 Å². The van der Waals surface area contributed by atoms with Crippen molar-refractivity contribution in [3.8, 4) is 5.75 Å². The highest BCUT2D eigenvalue weighted by Gasteiger charge is 2.06. The number of halogens is 2. The molecule has 0 saturated heterocycles. The van der Waals surface area contributed by atoms with Gasteiger partial charge < -0.3 is 4.74 Å². The van der Waals surface area contributed by atoms with Gasteiger partial charge in [0.1, 0.15) is 12.4 Å². The molecule has 0 radical (unpaired) electrons. The van der Waals surface area contributed by atoms with Crippen LogP contribution in [0.4, 0.5) is 0 Å². The summed E-state index contributed by atoms with van der Waals surface area (Å²) >= 11 is 9.55. The topological polar surface area (TPSA) is 9.23 Å². The van der Waals surface area contributed by atoms with Gasteiger partial charge in [-0.1, -0.05) is 63.4 Å². The Morgan fingerprint density at radius 1 is 1.11 bits per heavy atom. The lowest BCUT2D eigenvalue weighted by Crippen LogP contribution is -1.98. The van der Waals surface area contributed by atoms with Crippen LogP contribution in [0.5, 0.6) is 5.75 Å². The number of hydrogen-bond donors (Lipinski definition) is 0. The molecule has 0 atom stereocenters. The Labute approximate surface area is 121 Å². The largest absolute Gasteiger partial charge is 0.489 e. The first kappa shape index (κ1) is 13.4. The van der Waals surface area contributed by atoms with E-state index in [1.54, 1.807) is 0 Å². The normalized spacial score (nSPS) is 10.4. The van der Waals surface area contributed by atoms with Gasteiger partial charge in [-0.25, -0.2) is 0 Å². The number of ether oxygens (including phenoxy) is 1. The average molecular weight is 326 g/mol. The zero-order chi connectivity index (χ0) is 13.0. The highest BCUT2D eigenvalue weighted by molar-refractivity contribution is 9.08. The Hall–Kier alpha value is -0.990. The lowest BCUT2D eigenvalue weighted by molar-refractivity contribution is 0.304. The highest BCUT2D eigenvalue weighted by Crippen LogP contribution is 2.29. The zero-order valence-corrected chi connectivity index (χ0v) is 12.5. The van der Waals surface area contributed by atoms with Crippen molar-refractivity contribution in [2.45, 2.75) is 18.9 Å². The molecule has 0 aliphatic carbocycles. The molecule has 3 heteroatoms. The van der Waals surface area contributed by atoms with Crippen molar-refractivity contribution < 1.29 is 4.74 Å². The van der Waals surface area contributed by atoms with E-state index in [9.17, 15) is 0 Å². The fourth-order valence-electron chi connectivity index (χ4n) is 1.65. The van der Waals surface area contributed by atoms with E-state index in [4.69, 9.17) is 16.3 Å². The molecule has 94 valence electrons. The van der Waals surface area contributed by atoms with Crippen molar-refractivity contribution in [3.63, 3.8) is 0 Å². The lowest BCUT2D eigenvalue weighted by Gasteiger charge is -2.11. The molecule has 0 heterocycles. The summed E-state index contributed by atoms with van der Waals surface area (Å²) < 4.78 is 5.82. The SMILES string of the molecule is Cc1ccc(COc2cccc(Cl)c2CBr)cc1. The number of benzene rings is 2. The fourth-order valence-corrected chi connectivity index (χ4v) is 2.62. The van der Waals surface area contributed by atoms with E-state index < -0.39 is 0 Å². The van der Waals surface area contributed by atoms with Crippen LogP contribution in [0.15, 0.2) is 42.5 Å². The van der Waals surface area contributed by atoms with Crippen LogP contribution in [0, 0.1) is 6.92 Å². The minimum absolute atomic E-state index is 0.556. The van der Waals surface area contributed by atoms with Crippen LogP contribution in [-0.4, -0.2) is 0 Å². The first-order valence-corrected chi connectivity index (χ1v) is 7.22. The maximum atomic E-state index is 6.12. The molecule has 0 saturated carbocycles. The Kier molecular flexibility index (Phi) is 4.67. The second-order valence-electron chi connectivity index (χ2n) is 4.12. The second-order valence-corrected chi connectivity index (χ2v) is 5.09. The number of aryl methyl sites for hydroxylation is 1. The summed E-state index contributed by atoms with van der Waals surface area (Å²) in [4.78, 5) is 0. The number of hydrogen-bond acceptors (Lipinski definition) is 1. The summed E-state index contributed by atoms with van der Waals surface area (Å²) in [6.45, 7) is 2.63. The van der Waals surface area contributed by atoms with Gasteiger partial charge in [-0.2, -0.15) is 0 Å². The Bertz CT molecular complexity index is 523. The second kappa shape index (κ2) is 6.26. The van der Waals surface area contributed by atoms with Crippen molar-refractivity contribution in [2.75, 3.05) is 0 Å². The maximum Gasteiger partial charge on any atom is 0.125 e. The van der Waals surface area contributed by atoms with Crippen molar-refractivity contribution >= 4 is 27.5 Å². The molecule has 0 aromatic heterocycles. The minimum atomic E-state index is 0.556. The van der Waals surface area contributed by atoms with E-state index in [0.717, 1.165) is 21.9 Å². The molecule has 0 amide bonds. The summed E-state index contributed by atoms with van der Waals surface area (Å²) in [5.74, 6) is 0.833. The van der Waals surface area contributed by atoms with E-state index >= 15 is 0 Å². The van der Waals surface area contributed by atoms with Gasteiger partial charge >= 0.3 is 0 Å². The molecule has 0 spiro atoms. The third kappa shape index (κ3) is 3.27. The third-order valence-electron chi connectivity index (χ3n) is 2.72.